The van der Waals surface area contributed by atoms with Crippen molar-refractivity contribution in [1.82, 2.24) is 25.2 Å². The second-order valence-electron chi connectivity index (χ2n) is 8.22. The molecular formula is C22H29N5O2. The van der Waals surface area contributed by atoms with Crippen molar-refractivity contribution < 1.29 is 9.59 Å². The minimum Gasteiger partial charge on any atom is -0.337 e. The fourth-order valence-corrected chi connectivity index (χ4v) is 4.60. The Bertz CT molecular complexity index is 906. The van der Waals surface area contributed by atoms with Gasteiger partial charge in [-0.3, -0.25) is 9.59 Å². The monoisotopic (exact) mass is 395 g/mol. The molecule has 1 N–H and O–H groups in total. The van der Waals surface area contributed by atoms with Gasteiger partial charge in [0.15, 0.2) is 5.69 Å². The smallest absolute Gasteiger partial charge is 0.276 e. The lowest BCUT2D eigenvalue weighted by Gasteiger charge is -2.37. The summed E-state index contributed by atoms with van der Waals surface area (Å²) in [5.41, 5.74) is 4.36. The topological polar surface area (TPSA) is 82.2 Å². The van der Waals surface area contributed by atoms with Gasteiger partial charge in [0, 0.05) is 31.7 Å². The lowest BCUT2D eigenvalue weighted by atomic mass is 9.95. The molecule has 1 aromatic carbocycles. The zero-order chi connectivity index (χ0) is 20.4. The first-order valence-corrected chi connectivity index (χ1v) is 10.6. The number of hydrogen-bond acceptors (Lipinski definition) is 4. The van der Waals surface area contributed by atoms with Crippen molar-refractivity contribution in [1.29, 1.82) is 0 Å². The molecule has 1 fully saturated rings. The van der Waals surface area contributed by atoms with Crippen LogP contribution < -0.4 is 0 Å². The molecule has 154 valence electrons. The van der Waals surface area contributed by atoms with Crippen molar-refractivity contribution in [3.63, 3.8) is 0 Å². The average Bonchev–Trinajstić information content (AvgIpc) is 3.03. The molecule has 1 atom stereocenters. The van der Waals surface area contributed by atoms with Gasteiger partial charge in [-0.15, -0.1) is 0 Å². The van der Waals surface area contributed by atoms with E-state index in [-0.39, 0.29) is 17.9 Å². The van der Waals surface area contributed by atoms with Gasteiger partial charge in [-0.05, 0) is 62.6 Å². The predicted octanol–water partition coefficient (Wildman–Crippen LogP) is 2.76. The molecule has 2 heterocycles. The second kappa shape index (κ2) is 8.35. The molecule has 0 saturated carbocycles. The number of fused-ring (bicyclic) bond motifs is 1. The Balaban J connectivity index is 1.51. The van der Waals surface area contributed by atoms with Crippen molar-refractivity contribution in [3.05, 3.63) is 46.3 Å². The predicted molar refractivity (Wildman–Crippen MR) is 110 cm³/mol. The SMILES string of the molecule is Cc1n[nH]nc1C(=O)N(C)C1CCCN(C(=O)c2cccc3c2CCCCC3)C1. The van der Waals surface area contributed by atoms with E-state index in [0.717, 1.165) is 44.2 Å². The van der Waals surface area contributed by atoms with E-state index < -0.39 is 0 Å². The molecule has 1 aliphatic carbocycles. The number of amides is 2. The molecule has 0 bridgehead atoms. The number of nitrogens with zero attached hydrogens (tertiary/aromatic N) is 4. The van der Waals surface area contributed by atoms with Gasteiger partial charge in [-0.1, -0.05) is 18.6 Å². The lowest BCUT2D eigenvalue weighted by molar-refractivity contribution is 0.0517. The quantitative estimate of drug-likeness (QED) is 0.810. The van der Waals surface area contributed by atoms with Crippen molar-refractivity contribution in [3.8, 4) is 0 Å². The number of rotatable bonds is 3. The second-order valence-corrected chi connectivity index (χ2v) is 8.22. The van der Waals surface area contributed by atoms with Gasteiger partial charge >= 0.3 is 0 Å². The number of aryl methyl sites for hydroxylation is 2. The van der Waals surface area contributed by atoms with Crippen LogP contribution in [0, 0.1) is 6.92 Å². The van der Waals surface area contributed by atoms with Gasteiger partial charge < -0.3 is 9.80 Å². The van der Waals surface area contributed by atoms with Crippen LogP contribution in [0.5, 0.6) is 0 Å². The minimum absolute atomic E-state index is 0.0152. The molecule has 2 amide bonds. The van der Waals surface area contributed by atoms with Crippen LogP contribution in [0.2, 0.25) is 0 Å². The Hall–Kier alpha value is -2.70. The van der Waals surface area contributed by atoms with Crippen LogP contribution >= 0.6 is 0 Å². The largest absolute Gasteiger partial charge is 0.337 e. The molecule has 1 saturated heterocycles. The number of nitrogens with one attached hydrogen (secondary N) is 1. The number of H-pyrrole nitrogens is 1. The summed E-state index contributed by atoms with van der Waals surface area (Å²) < 4.78 is 0. The molecule has 1 unspecified atom stereocenters. The lowest BCUT2D eigenvalue weighted by Crippen LogP contribution is -2.50. The summed E-state index contributed by atoms with van der Waals surface area (Å²) in [5.74, 6) is -0.0453. The molecule has 4 rings (SSSR count). The number of hydrogen-bond donors (Lipinski definition) is 1. The average molecular weight is 396 g/mol. The normalized spacial score (nSPS) is 19.4. The molecule has 1 aromatic heterocycles. The van der Waals surface area contributed by atoms with Crippen LogP contribution in [0.4, 0.5) is 0 Å². The van der Waals surface area contributed by atoms with Crippen LogP contribution in [-0.4, -0.2) is 63.2 Å². The van der Waals surface area contributed by atoms with E-state index in [1.165, 1.54) is 24.0 Å². The molecule has 7 heteroatoms. The van der Waals surface area contributed by atoms with E-state index in [2.05, 4.69) is 21.5 Å². The zero-order valence-corrected chi connectivity index (χ0v) is 17.3. The summed E-state index contributed by atoms with van der Waals surface area (Å²) in [6.45, 7) is 3.06. The fourth-order valence-electron chi connectivity index (χ4n) is 4.60. The van der Waals surface area contributed by atoms with Crippen molar-refractivity contribution in [2.75, 3.05) is 20.1 Å². The number of piperidine rings is 1. The first-order valence-electron chi connectivity index (χ1n) is 10.6. The Labute approximate surface area is 171 Å². The van der Waals surface area contributed by atoms with Crippen LogP contribution in [0.25, 0.3) is 0 Å². The third kappa shape index (κ3) is 3.91. The highest BCUT2D eigenvalue weighted by Gasteiger charge is 2.31. The first-order chi connectivity index (χ1) is 14.1. The van der Waals surface area contributed by atoms with E-state index in [1.807, 2.05) is 17.0 Å². The fraction of sp³-hybridized carbons (Fsp3) is 0.545. The highest BCUT2D eigenvalue weighted by atomic mass is 16.2. The minimum atomic E-state index is -0.149. The van der Waals surface area contributed by atoms with Gasteiger partial charge in [-0.25, -0.2) is 0 Å². The first kappa shape index (κ1) is 19.6. The molecule has 7 nitrogen and oxygen atoms in total. The number of aromatic amines is 1. The summed E-state index contributed by atoms with van der Waals surface area (Å²) >= 11 is 0. The summed E-state index contributed by atoms with van der Waals surface area (Å²) in [7, 11) is 1.80. The third-order valence-corrected chi connectivity index (χ3v) is 6.35. The van der Waals surface area contributed by atoms with E-state index in [1.54, 1.807) is 18.9 Å². The van der Waals surface area contributed by atoms with Crippen LogP contribution in [0.15, 0.2) is 18.2 Å². The molecule has 0 radical (unpaired) electrons. The van der Waals surface area contributed by atoms with Gasteiger partial charge in [0.05, 0.1) is 5.69 Å². The van der Waals surface area contributed by atoms with E-state index >= 15 is 0 Å². The number of benzene rings is 1. The number of carbonyl (C=O) groups is 2. The number of aromatic nitrogens is 3. The van der Waals surface area contributed by atoms with Crippen molar-refractivity contribution >= 4 is 11.8 Å². The van der Waals surface area contributed by atoms with Gasteiger partial charge in [0.1, 0.15) is 0 Å². The van der Waals surface area contributed by atoms with E-state index in [4.69, 9.17) is 0 Å². The summed E-state index contributed by atoms with van der Waals surface area (Å²) in [6, 6.07) is 6.15. The van der Waals surface area contributed by atoms with E-state index in [0.29, 0.717) is 17.9 Å². The summed E-state index contributed by atoms with van der Waals surface area (Å²) in [5, 5.41) is 10.4. The van der Waals surface area contributed by atoms with E-state index in [9.17, 15) is 9.59 Å². The summed E-state index contributed by atoms with van der Waals surface area (Å²) in [4.78, 5) is 29.8. The maximum atomic E-state index is 13.4. The van der Waals surface area contributed by atoms with Gasteiger partial charge in [0.25, 0.3) is 11.8 Å². The Morgan fingerprint density at radius 2 is 1.97 bits per heavy atom. The molecule has 0 spiro atoms. The van der Waals surface area contributed by atoms with Crippen molar-refractivity contribution in [2.45, 2.75) is 57.9 Å². The number of likely N-dealkylation sites (N-methyl/N-ethyl adjacent to an activating group) is 1. The Morgan fingerprint density at radius 1 is 1.14 bits per heavy atom. The molecule has 1 aliphatic heterocycles. The third-order valence-electron chi connectivity index (χ3n) is 6.35. The molecule has 2 aliphatic rings. The Kier molecular flexibility index (Phi) is 5.65. The van der Waals surface area contributed by atoms with Gasteiger partial charge in [0.2, 0.25) is 0 Å². The zero-order valence-electron chi connectivity index (χ0n) is 17.3. The van der Waals surface area contributed by atoms with Crippen LogP contribution in [-0.2, 0) is 12.8 Å². The molecule has 2 aromatic rings. The van der Waals surface area contributed by atoms with Gasteiger partial charge in [-0.2, -0.15) is 15.4 Å². The number of likely N-dealkylation sites (tertiary alicyclic amines) is 1. The maximum Gasteiger partial charge on any atom is 0.276 e. The highest BCUT2D eigenvalue weighted by Crippen LogP contribution is 2.26. The van der Waals surface area contributed by atoms with Crippen LogP contribution in [0.3, 0.4) is 0 Å². The highest BCUT2D eigenvalue weighted by molar-refractivity contribution is 5.96. The van der Waals surface area contributed by atoms with Crippen LogP contribution in [0.1, 0.15) is 69.8 Å². The number of carbonyl (C=O) groups excluding carboxylic acids is 2. The Morgan fingerprint density at radius 3 is 2.76 bits per heavy atom. The maximum absolute atomic E-state index is 13.4. The van der Waals surface area contributed by atoms with Crippen molar-refractivity contribution in [2.24, 2.45) is 0 Å². The molecular weight excluding hydrogens is 366 g/mol. The molecule has 29 heavy (non-hydrogen) atoms. The summed E-state index contributed by atoms with van der Waals surface area (Å²) in [6.07, 6.45) is 7.39. The standard InChI is InChI=1S/C22H29N5O2/c1-15-20(24-25-23-15)22(29)26(2)17-10-7-13-27(14-17)21(28)19-12-6-9-16-8-4-3-5-11-18(16)19/h6,9,12,17H,3-5,7-8,10-11,13-14H2,1-2H3,(H,23,24,25).